The molecule has 1 aliphatic heterocycles. The average Bonchev–Trinajstić information content (AvgIpc) is 3.43. The lowest BCUT2D eigenvalue weighted by Crippen LogP contribution is -2.26. The number of hydrogen-bond acceptors (Lipinski definition) is 8. The van der Waals surface area contributed by atoms with E-state index in [1.165, 1.54) is 0 Å². The number of carbonyl (C=O) groups is 2. The Bertz CT molecular complexity index is 1500. The van der Waals surface area contributed by atoms with Gasteiger partial charge in [-0.05, 0) is 36.0 Å². The lowest BCUT2D eigenvalue weighted by molar-refractivity contribution is 0.102. The molecule has 5 rings (SSSR count). The van der Waals surface area contributed by atoms with E-state index in [2.05, 4.69) is 37.4 Å². The van der Waals surface area contributed by atoms with Crippen LogP contribution in [0, 0.1) is 5.92 Å². The largest absolute Gasteiger partial charge is 0.445 e. The Labute approximate surface area is 239 Å². The lowest BCUT2D eigenvalue weighted by Gasteiger charge is -2.21. The molecule has 0 saturated carbocycles. The van der Waals surface area contributed by atoms with Crippen molar-refractivity contribution in [3.63, 3.8) is 0 Å². The highest BCUT2D eigenvalue weighted by atomic mass is 16.5. The minimum absolute atomic E-state index is 0.0494. The summed E-state index contributed by atoms with van der Waals surface area (Å²) in [4.78, 5) is 40.4. The van der Waals surface area contributed by atoms with Crippen molar-refractivity contribution in [2.24, 2.45) is 5.92 Å². The van der Waals surface area contributed by atoms with Gasteiger partial charge in [0.05, 0.1) is 29.5 Å². The first-order chi connectivity index (χ1) is 20.0. The maximum absolute atomic E-state index is 13.2. The van der Waals surface area contributed by atoms with Crippen molar-refractivity contribution >= 4 is 29.2 Å². The minimum Gasteiger partial charge on any atom is -0.445 e. The fourth-order valence-electron chi connectivity index (χ4n) is 4.72. The van der Waals surface area contributed by atoms with Gasteiger partial charge in [0.25, 0.3) is 5.91 Å². The summed E-state index contributed by atoms with van der Waals surface area (Å²) >= 11 is 0. The molecule has 0 aliphatic carbocycles. The SMILES string of the molecule is CC1CCN(c2ccncc2NC(=O)c2nc(-c3ccc(CCNC(=O)OCc4ccccc4)cc3)cnc2N)C1. The van der Waals surface area contributed by atoms with Crippen LogP contribution in [0.5, 0.6) is 0 Å². The van der Waals surface area contributed by atoms with Crippen LogP contribution >= 0.6 is 0 Å². The molecule has 0 spiro atoms. The van der Waals surface area contributed by atoms with Gasteiger partial charge in [-0.2, -0.15) is 0 Å². The van der Waals surface area contributed by atoms with E-state index in [1.807, 2.05) is 60.7 Å². The number of pyridine rings is 1. The van der Waals surface area contributed by atoms with Crippen molar-refractivity contribution in [2.75, 3.05) is 35.6 Å². The predicted molar refractivity (Wildman–Crippen MR) is 158 cm³/mol. The molecular weight excluding hydrogens is 518 g/mol. The van der Waals surface area contributed by atoms with Crippen molar-refractivity contribution < 1.29 is 14.3 Å². The summed E-state index contributed by atoms with van der Waals surface area (Å²) in [7, 11) is 0. The zero-order valence-corrected chi connectivity index (χ0v) is 22.9. The molecule has 2 amide bonds. The Morgan fingerprint density at radius 1 is 1.05 bits per heavy atom. The van der Waals surface area contributed by atoms with Gasteiger partial charge in [-0.1, -0.05) is 61.5 Å². The second-order valence-corrected chi connectivity index (χ2v) is 10.1. The topological polar surface area (TPSA) is 135 Å². The fraction of sp³-hybridized carbons (Fsp3) is 0.258. The molecular formula is C31H33N7O3. The normalized spacial score (nSPS) is 14.5. The second-order valence-electron chi connectivity index (χ2n) is 10.1. The Balaban J connectivity index is 1.18. The van der Waals surface area contributed by atoms with Crippen molar-refractivity contribution in [3.8, 4) is 11.3 Å². The Morgan fingerprint density at radius 2 is 1.85 bits per heavy atom. The van der Waals surface area contributed by atoms with Crippen LogP contribution in [0.15, 0.2) is 79.3 Å². The first-order valence-corrected chi connectivity index (χ1v) is 13.6. The summed E-state index contributed by atoms with van der Waals surface area (Å²) < 4.78 is 5.24. The van der Waals surface area contributed by atoms with E-state index in [9.17, 15) is 9.59 Å². The lowest BCUT2D eigenvalue weighted by atomic mass is 10.1. The van der Waals surface area contributed by atoms with Crippen LogP contribution in [0.2, 0.25) is 0 Å². The molecule has 0 bridgehead atoms. The van der Waals surface area contributed by atoms with E-state index < -0.39 is 12.0 Å². The third-order valence-electron chi connectivity index (χ3n) is 6.97. The van der Waals surface area contributed by atoms with Crippen molar-refractivity contribution in [1.29, 1.82) is 0 Å². The zero-order chi connectivity index (χ0) is 28.6. The van der Waals surface area contributed by atoms with Crippen LogP contribution in [0.1, 0.15) is 35.0 Å². The van der Waals surface area contributed by atoms with Gasteiger partial charge in [0.1, 0.15) is 6.61 Å². The number of alkyl carbamates (subject to hydrolysis) is 1. The number of anilines is 3. The average molecular weight is 552 g/mol. The summed E-state index contributed by atoms with van der Waals surface area (Å²) in [6, 6.07) is 19.1. The predicted octanol–water partition coefficient (Wildman–Crippen LogP) is 4.69. The van der Waals surface area contributed by atoms with Crippen LogP contribution in [-0.2, 0) is 17.8 Å². The monoisotopic (exact) mass is 551 g/mol. The molecule has 4 aromatic rings. The summed E-state index contributed by atoms with van der Waals surface area (Å²) in [6.45, 7) is 4.73. The molecule has 10 heteroatoms. The van der Waals surface area contributed by atoms with Crippen LogP contribution in [0.4, 0.5) is 22.0 Å². The third kappa shape index (κ3) is 7.16. The molecule has 1 saturated heterocycles. The first kappa shape index (κ1) is 27.6. The van der Waals surface area contributed by atoms with Crippen molar-refractivity contribution in [2.45, 2.75) is 26.4 Å². The third-order valence-corrected chi connectivity index (χ3v) is 6.97. The molecule has 1 atom stereocenters. The molecule has 210 valence electrons. The molecule has 0 radical (unpaired) electrons. The number of nitrogens with zero attached hydrogens (tertiary/aromatic N) is 4. The van der Waals surface area contributed by atoms with Gasteiger partial charge in [-0.15, -0.1) is 0 Å². The highest BCUT2D eigenvalue weighted by Gasteiger charge is 2.23. The Kier molecular flexibility index (Phi) is 8.68. The smallest absolute Gasteiger partial charge is 0.407 e. The number of hydrogen-bond donors (Lipinski definition) is 3. The number of aromatic nitrogens is 3. The summed E-state index contributed by atoms with van der Waals surface area (Å²) in [6.07, 6.45) is 6.19. The number of rotatable bonds is 9. The van der Waals surface area contributed by atoms with Gasteiger partial charge in [0.15, 0.2) is 11.5 Å². The van der Waals surface area contributed by atoms with Gasteiger partial charge >= 0.3 is 6.09 Å². The van der Waals surface area contributed by atoms with Gasteiger partial charge in [-0.25, -0.2) is 14.8 Å². The standard InChI is InChI=1S/C31H33N7O3/c1-21-13-16-38(19-21)27-12-14-33-17-26(27)37-30(39)28-29(32)35-18-25(36-28)24-9-7-22(8-10-24)11-15-34-31(40)41-20-23-5-3-2-4-6-23/h2-10,12,14,17-18,21H,11,13,15-16,19-20H2,1H3,(H2,32,35)(H,34,40)(H,37,39). The highest BCUT2D eigenvalue weighted by Crippen LogP contribution is 2.30. The number of ether oxygens (including phenoxy) is 1. The molecule has 10 nitrogen and oxygen atoms in total. The van der Waals surface area contributed by atoms with E-state index in [4.69, 9.17) is 10.5 Å². The number of carbonyl (C=O) groups excluding carboxylic acids is 2. The Morgan fingerprint density at radius 3 is 2.61 bits per heavy atom. The summed E-state index contributed by atoms with van der Waals surface area (Å²) in [5.41, 5.74) is 10.9. The van der Waals surface area contributed by atoms with E-state index in [1.54, 1.807) is 18.6 Å². The fourth-order valence-corrected chi connectivity index (χ4v) is 4.72. The van der Waals surface area contributed by atoms with E-state index in [0.29, 0.717) is 30.3 Å². The number of amides is 2. The highest BCUT2D eigenvalue weighted by molar-refractivity contribution is 6.07. The molecule has 1 aliphatic rings. The van der Waals surface area contributed by atoms with Crippen molar-refractivity contribution in [1.82, 2.24) is 20.3 Å². The Hall–Kier alpha value is -4.99. The van der Waals surface area contributed by atoms with Gasteiger partial charge in [0.2, 0.25) is 0 Å². The number of nitrogen functional groups attached to an aromatic ring is 1. The van der Waals surface area contributed by atoms with Crippen LogP contribution < -0.4 is 21.3 Å². The zero-order valence-electron chi connectivity index (χ0n) is 22.9. The summed E-state index contributed by atoms with van der Waals surface area (Å²) in [5, 5.41) is 5.70. The molecule has 1 unspecified atom stereocenters. The number of benzene rings is 2. The van der Waals surface area contributed by atoms with E-state index in [0.717, 1.165) is 41.9 Å². The number of nitrogens with two attached hydrogens (primary N) is 1. The first-order valence-electron chi connectivity index (χ1n) is 13.6. The van der Waals surface area contributed by atoms with Crippen molar-refractivity contribution in [3.05, 3.63) is 96.1 Å². The number of nitrogens with one attached hydrogen (secondary N) is 2. The van der Waals surface area contributed by atoms with Gasteiger partial charge < -0.3 is 26.0 Å². The molecule has 3 heterocycles. The van der Waals surface area contributed by atoms with Crippen LogP contribution in [-0.4, -0.2) is 46.6 Å². The molecule has 2 aromatic carbocycles. The minimum atomic E-state index is -0.457. The molecule has 41 heavy (non-hydrogen) atoms. The van der Waals surface area contributed by atoms with Crippen LogP contribution in [0.25, 0.3) is 11.3 Å². The van der Waals surface area contributed by atoms with E-state index >= 15 is 0 Å². The summed E-state index contributed by atoms with van der Waals surface area (Å²) in [5.74, 6) is 0.197. The molecule has 4 N–H and O–H groups in total. The molecule has 2 aromatic heterocycles. The second kappa shape index (κ2) is 12.9. The maximum Gasteiger partial charge on any atom is 0.407 e. The quantitative estimate of drug-likeness (QED) is 0.273. The van der Waals surface area contributed by atoms with Gasteiger partial charge in [-0.3, -0.25) is 9.78 Å². The van der Waals surface area contributed by atoms with E-state index in [-0.39, 0.29) is 18.1 Å². The van der Waals surface area contributed by atoms with Crippen LogP contribution in [0.3, 0.4) is 0 Å². The maximum atomic E-state index is 13.2. The molecule has 1 fully saturated rings. The van der Waals surface area contributed by atoms with Gasteiger partial charge in [0, 0.05) is 31.4 Å².